The maximum atomic E-state index is 5.13. The maximum absolute atomic E-state index is 5.13. The first kappa shape index (κ1) is 19.6. The average Bonchev–Trinajstić information content (AvgIpc) is 3.23. The minimum Gasteiger partial charge on any atom is -0.380 e. The molecule has 3 aromatic rings. The zero-order valence-corrected chi connectivity index (χ0v) is 17.5. The van der Waals surface area contributed by atoms with E-state index in [-0.39, 0.29) is 1.43 Å². The summed E-state index contributed by atoms with van der Waals surface area (Å²) >= 11 is 1.74. The summed E-state index contributed by atoms with van der Waals surface area (Å²) in [7, 11) is 0. The summed E-state index contributed by atoms with van der Waals surface area (Å²) in [5, 5.41) is 5.52. The molecule has 4 heterocycles. The van der Waals surface area contributed by atoms with Crippen molar-refractivity contribution >= 4 is 22.4 Å². The largest absolute Gasteiger partial charge is 0.380 e. The number of rotatable bonds is 2. The maximum Gasteiger partial charge on any atom is 0.137 e. The molecule has 3 aromatic heterocycles. The van der Waals surface area contributed by atoms with Crippen molar-refractivity contribution in [2.75, 3.05) is 26.3 Å². The zero-order chi connectivity index (χ0) is 19.2. The van der Waals surface area contributed by atoms with Gasteiger partial charge in [-0.25, -0.2) is 9.97 Å². The topological polar surface area (TPSA) is 62.8 Å². The Balaban J connectivity index is 0.000000257. The van der Waals surface area contributed by atoms with Crippen molar-refractivity contribution in [3.63, 3.8) is 0 Å². The minimum atomic E-state index is 0. The highest BCUT2D eigenvalue weighted by Gasteiger charge is 2.18. The zero-order valence-electron chi connectivity index (χ0n) is 16.7. The monoisotopic (exact) mass is 400 g/mol. The van der Waals surface area contributed by atoms with Crippen LogP contribution in [0.5, 0.6) is 0 Å². The van der Waals surface area contributed by atoms with Crippen LogP contribution in [0.25, 0.3) is 21.6 Å². The highest BCUT2D eigenvalue weighted by atomic mass is 32.1. The molecule has 152 valence electrons. The molecule has 0 spiro atoms. The van der Waals surface area contributed by atoms with Gasteiger partial charge in [0.25, 0.3) is 0 Å². The molecule has 5 rings (SSSR count). The van der Waals surface area contributed by atoms with Crippen LogP contribution in [0.4, 0.5) is 0 Å². The van der Waals surface area contributed by atoms with E-state index in [2.05, 4.69) is 39.5 Å². The van der Waals surface area contributed by atoms with E-state index in [1.165, 1.54) is 59.9 Å². The molecule has 0 bridgehead atoms. The molecule has 0 atom stereocenters. The number of nitrogens with one attached hydrogen (secondary N) is 2. The first-order valence-corrected chi connectivity index (χ1v) is 11.3. The molecule has 2 fully saturated rings. The van der Waals surface area contributed by atoms with Gasteiger partial charge in [-0.05, 0) is 50.3 Å². The Labute approximate surface area is 172 Å². The van der Waals surface area contributed by atoms with Crippen LogP contribution in [-0.2, 0) is 4.74 Å². The van der Waals surface area contributed by atoms with E-state index in [0.29, 0.717) is 5.92 Å². The number of aryl methyl sites for hydroxylation is 1. The number of fused-ring (bicyclic) bond motifs is 1. The van der Waals surface area contributed by atoms with E-state index in [1.54, 1.807) is 11.3 Å². The Morgan fingerprint density at radius 2 is 1.96 bits per heavy atom. The molecule has 1 aliphatic carbocycles. The van der Waals surface area contributed by atoms with Crippen LogP contribution in [0.1, 0.15) is 56.3 Å². The fraction of sp³-hybridized carbons (Fsp3) is 0.545. The summed E-state index contributed by atoms with van der Waals surface area (Å²) < 4.78 is 5.13. The molecule has 1 saturated carbocycles. The van der Waals surface area contributed by atoms with E-state index < -0.39 is 0 Å². The van der Waals surface area contributed by atoms with Crippen molar-refractivity contribution in [2.24, 2.45) is 0 Å². The second-order valence-electron chi connectivity index (χ2n) is 7.69. The summed E-state index contributed by atoms with van der Waals surface area (Å²) in [6, 6.07) is 2.33. The van der Waals surface area contributed by atoms with E-state index in [4.69, 9.17) is 4.74 Å². The number of aromatic nitrogens is 3. The standard InChI is InChI=1S/C17H19N3S.C5H11NO.H2/c1-11-8-20-17(21-11)15-10-19-16-14(15)7-13(9-18-16)12-5-3-2-4-6-12;1-2-6-3-5-7-4-1;/h7-10,12H,2-6H2,1H3,(H,18,19);6H,1-5H2;1H. The molecule has 2 aliphatic rings. The van der Waals surface area contributed by atoms with Crippen molar-refractivity contribution in [1.82, 2.24) is 20.3 Å². The number of nitrogens with zero attached hydrogens (tertiary/aromatic N) is 2. The van der Waals surface area contributed by atoms with Crippen LogP contribution in [-0.4, -0.2) is 41.3 Å². The van der Waals surface area contributed by atoms with Gasteiger partial charge in [-0.15, -0.1) is 11.3 Å². The van der Waals surface area contributed by atoms with E-state index in [9.17, 15) is 0 Å². The Kier molecular flexibility index (Phi) is 6.73. The van der Waals surface area contributed by atoms with Crippen molar-refractivity contribution in [2.45, 2.75) is 51.4 Å². The number of ether oxygens (including phenoxy) is 1. The highest BCUT2D eigenvalue weighted by Crippen LogP contribution is 2.36. The van der Waals surface area contributed by atoms with Crippen LogP contribution in [0.3, 0.4) is 0 Å². The SMILES string of the molecule is C1CNCCOC1.Cc1cnc(-c2c[nH]c3ncc(C4CCCCC4)cc23)s1.[HH]. The van der Waals surface area contributed by atoms with Gasteiger partial charge in [-0.2, -0.15) is 0 Å². The van der Waals surface area contributed by atoms with Crippen molar-refractivity contribution < 1.29 is 6.16 Å². The van der Waals surface area contributed by atoms with E-state index in [1.807, 2.05) is 12.4 Å². The second-order valence-corrected chi connectivity index (χ2v) is 8.93. The first-order valence-electron chi connectivity index (χ1n) is 10.5. The second kappa shape index (κ2) is 9.63. The fourth-order valence-electron chi connectivity index (χ4n) is 4.01. The van der Waals surface area contributed by atoms with Gasteiger partial charge in [0.15, 0.2) is 0 Å². The quantitative estimate of drug-likeness (QED) is 0.614. The third kappa shape index (κ3) is 4.80. The summed E-state index contributed by atoms with van der Waals surface area (Å²) in [4.78, 5) is 13.7. The van der Waals surface area contributed by atoms with Crippen LogP contribution < -0.4 is 5.32 Å². The van der Waals surface area contributed by atoms with Gasteiger partial charge in [0.2, 0.25) is 0 Å². The molecule has 0 radical (unpaired) electrons. The number of hydrogen-bond donors (Lipinski definition) is 2. The van der Waals surface area contributed by atoms with Crippen LogP contribution in [0.2, 0.25) is 0 Å². The minimum absolute atomic E-state index is 0. The van der Waals surface area contributed by atoms with Crippen molar-refractivity contribution in [1.29, 1.82) is 0 Å². The van der Waals surface area contributed by atoms with Crippen molar-refractivity contribution in [3.05, 3.63) is 35.1 Å². The predicted molar refractivity (Wildman–Crippen MR) is 118 cm³/mol. The normalized spacial score (nSPS) is 18.5. The number of aromatic amines is 1. The highest BCUT2D eigenvalue weighted by molar-refractivity contribution is 7.15. The lowest BCUT2D eigenvalue weighted by molar-refractivity contribution is 0.151. The summed E-state index contributed by atoms with van der Waals surface area (Å²) in [6.45, 7) is 6.08. The van der Waals surface area contributed by atoms with Gasteiger partial charge in [-0.3, -0.25) is 0 Å². The lowest BCUT2D eigenvalue weighted by atomic mass is 9.84. The summed E-state index contributed by atoms with van der Waals surface area (Å²) in [5.41, 5.74) is 3.56. The van der Waals surface area contributed by atoms with Gasteiger partial charge in [-0.1, -0.05) is 19.3 Å². The molecule has 0 amide bonds. The van der Waals surface area contributed by atoms with Gasteiger partial charge >= 0.3 is 0 Å². The van der Waals surface area contributed by atoms with Crippen LogP contribution in [0, 0.1) is 6.92 Å². The number of thiazole rings is 1. The predicted octanol–water partition coefficient (Wildman–Crippen LogP) is 5.28. The smallest absolute Gasteiger partial charge is 0.137 e. The number of pyridine rings is 1. The van der Waals surface area contributed by atoms with Crippen LogP contribution >= 0.6 is 11.3 Å². The first-order chi connectivity index (χ1) is 13.8. The Morgan fingerprint density at radius 3 is 2.79 bits per heavy atom. The molecule has 1 aliphatic heterocycles. The summed E-state index contributed by atoms with van der Waals surface area (Å²) in [6.07, 6.45) is 13.9. The molecule has 28 heavy (non-hydrogen) atoms. The van der Waals surface area contributed by atoms with Crippen molar-refractivity contribution in [3.8, 4) is 10.6 Å². The van der Waals surface area contributed by atoms with Gasteiger partial charge < -0.3 is 15.0 Å². The van der Waals surface area contributed by atoms with Gasteiger partial charge in [0, 0.05) is 49.0 Å². The molecule has 0 unspecified atom stereocenters. The molecule has 2 N–H and O–H groups in total. The van der Waals surface area contributed by atoms with Gasteiger partial charge in [0.05, 0.1) is 6.61 Å². The molecule has 1 saturated heterocycles. The molecule has 6 heteroatoms. The molecule has 5 nitrogen and oxygen atoms in total. The van der Waals surface area contributed by atoms with E-state index in [0.717, 1.165) is 37.0 Å². The average molecular weight is 401 g/mol. The summed E-state index contributed by atoms with van der Waals surface area (Å²) in [5.74, 6) is 0.691. The van der Waals surface area contributed by atoms with Crippen LogP contribution in [0.15, 0.2) is 24.7 Å². The Morgan fingerprint density at radius 1 is 1.07 bits per heavy atom. The molecular formula is C22H32N4OS. The van der Waals surface area contributed by atoms with Gasteiger partial charge in [0.1, 0.15) is 10.7 Å². The molecule has 0 aromatic carbocycles. The molecular weight excluding hydrogens is 368 g/mol. The third-order valence-electron chi connectivity index (χ3n) is 5.55. The fourth-order valence-corrected chi connectivity index (χ4v) is 4.80. The lowest BCUT2D eigenvalue weighted by Gasteiger charge is -2.21. The lowest BCUT2D eigenvalue weighted by Crippen LogP contribution is -2.15. The Hall–Kier alpha value is -1.76. The van der Waals surface area contributed by atoms with E-state index >= 15 is 0 Å². The number of H-pyrrole nitrogens is 1. The Bertz CT molecular complexity index is 868. The number of hydrogen-bond acceptors (Lipinski definition) is 5. The third-order valence-corrected chi connectivity index (χ3v) is 6.49.